The summed E-state index contributed by atoms with van der Waals surface area (Å²) in [6, 6.07) is 0. The third kappa shape index (κ3) is 3.55. The van der Waals surface area contributed by atoms with Gasteiger partial charge in [-0.2, -0.15) is 9.97 Å². The summed E-state index contributed by atoms with van der Waals surface area (Å²) in [6.07, 6.45) is 1.53. The van der Waals surface area contributed by atoms with Crippen molar-refractivity contribution in [3.05, 3.63) is 11.5 Å². The summed E-state index contributed by atoms with van der Waals surface area (Å²) in [6.45, 7) is 0.390. The molecule has 2 rings (SSSR count). The second-order valence-corrected chi connectivity index (χ2v) is 4.47. The van der Waals surface area contributed by atoms with Crippen molar-refractivity contribution in [1.82, 2.24) is 19.5 Å². The number of fused-ring (bicyclic) bond motifs is 1. The fraction of sp³-hybridized carbons (Fsp3) is 0.375. The number of nitrogens with two attached hydrogens (primary N) is 1. The molecule has 0 aliphatic rings. The molecule has 0 radical (unpaired) electrons. The highest BCUT2D eigenvalue weighted by atomic mass is 35.5. The van der Waals surface area contributed by atoms with Crippen molar-refractivity contribution in [1.29, 1.82) is 0 Å². The van der Waals surface area contributed by atoms with E-state index >= 15 is 0 Å². The molecule has 0 spiro atoms. The van der Waals surface area contributed by atoms with E-state index in [4.69, 9.17) is 27.0 Å². The van der Waals surface area contributed by atoms with Crippen LogP contribution in [0.4, 0.5) is 5.95 Å². The first-order chi connectivity index (χ1) is 9.08. The highest BCUT2D eigenvalue weighted by molar-refractivity contribution is 7.32. The van der Waals surface area contributed by atoms with Crippen LogP contribution in [0.2, 0.25) is 5.15 Å². The van der Waals surface area contributed by atoms with Gasteiger partial charge in [0.2, 0.25) is 12.7 Å². The maximum atomic E-state index is 10.2. The van der Waals surface area contributed by atoms with Gasteiger partial charge in [-0.15, -0.1) is 4.89 Å². The molecule has 0 aliphatic carbocycles. The zero-order chi connectivity index (χ0) is 13.8. The first kappa shape index (κ1) is 14.0. The van der Waals surface area contributed by atoms with Crippen LogP contribution in [-0.4, -0.2) is 37.8 Å². The van der Waals surface area contributed by atoms with Crippen molar-refractivity contribution < 1.29 is 18.7 Å². The Morgan fingerprint density at radius 1 is 1.53 bits per heavy atom. The summed E-state index contributed by atoms with van der Waals surface area (Å²) in [4.78, 5) is 20.3. The average Bonchev–Trinajstić information content (AvgIpc) is 2.72. The van der Waals surface area contributed by atoms with Crippen LogP contribution in [0.1, 0.15) is 0 Å². The summed E-state index contributed by atoms with van der Waals surface area (Å²) in [5.41, 5.74) is 6.45. The molecule has 0 fully saturated rings. The van der Waals surface area contributed by atoms with E-state index in [1.165, 1.54) is 6.33 Å². The molecule has 2 aromatic heterocycles. The van der Waals surface area contributed by atoms with E-state index in [2.05, 4.69) is 19.5 Å². The lowest BCUT2D eigenvalue weighted by Crippen LogP contribution is -2.07. The molecule has 102 valence electrons. The van der Waals surface area contributed by atoms with Crippen LogP contribution in [0.25, 0.3) is 11.2 Å². The van der Waals surface area contributed by atoms with Gasteiger partial charge in [0.15, 0.2) is 10.8 Å². The molecule has 1 unspecified atom stereocenters. The third-order valence-corrected chi connectivity index (χ3v) is 2.75. The summed E-state index contributed by atoms with van der Waals surface area (Å²) in [5, 5.41) is 0.183. The highest BCUT2D eigenvalue weighted by Crippen LogP contribution is 2.19. The van der Waals surface area contributed by atoms with Crippen LogP contribution in [-0.2, 0) is 20.4 Å². The maximum absolute atomic E-state index is 10.2. The second-order valence-electron chi connectivity index (χ2n) is 3.38. The van der Waals surface area contributed by atoms with Crippen molar-refractivity contribution in [2.45, 2.75) is 6.54 Å². The first-order valence-electron chi connectivity index (χ1n) is 5.08. The normalized spacial score (nSPS) is 12.0. The van der Waals surface area contributed by atoms with E-state index in [0.29, 0.717) is 17.7 Å². The molecule has 0 bridgehead atoms. The van der Waals surface area contributed by atoms with Crippen LogP contribution in [0.15, 0.2) is 6.33 Å². The van der Waals surface area contributed by atoms with Gasteiger partial charge in [0, 0.05) is 11.1 Å². The Bertz CT molecular complexity index is 606. The number of hydrogen-bond acceptors (Lipinski definition) is 7. The molecule has 2 heterocycles. The van der Waals surface area contributed by atoms with Crippen LogP contribution in [0.5, 0.6) is 0 Å². The van der Waals surface area contributed by atoms with E-state index in [1.807, 2.05) is 0 Å². The number of hydrogen-bond donors (Lipinski definition) is 2. The van der Waals surface area contributed by atoms with Gasteiger partial charge in [-0.1, -0.05) is 16.1 Å². The molecule has 0 aliphatic heterocycles. The highest BCUT2D eigenvalue weighted by Gasteiger charge is 2.12. The molecular weight excluding hydrogens is 297 g/mol. The molecule has 3 N–H and O–H groups in total. The topological polar surface area (TPSA) is 125 Å². The number of aromatic nitrogens is 4. The fourth-order valence-electron chi connectivity index (χ4n) is 1.39. The van der Waals surface area contributed by atoms with Gasteiger partial charge in [0.1, 0.15) is 5.52 Å². The summed E-state index contributed by atoms with van der Waals surface area (Å²) >= 11 is 5.88. The van der Waals surface area contributed by atoms with Crippen molar-refractivity contribution in [3.8, 4) is 0 Å². The first-order valence-corrected chi connectivity index (χ1v) is 6.59. The number of nitrogens with zero attached hydrogens (tertiary/aromatic N) is 4. The zero-order valence-electron chi connectivity index (χ0n) is 9.56. The van der Waals surface area contributed by atoms with Crippen LogP contribution < -0.4 is 5.73 Å². The molecule has 0 aromatic carbocycles. The number of halogens is 1. The van der Waals surface area contributed by atoms with Gasteiger partial charge >= 0.3 is 8.25 Å². The van der Waals surface area contributed by atoms with E-state index in [1.54, 1.807) is 4.57 Å². The van der Waals surface area contributed by atoms with Crippen molar-refractivity contribution in [3.63, 3.8) is 0 Å². The Labute approximate surface area is 113 Å². The lowest BCUT2D eigenvalue weighted by atomic mass is 10.5. The number of ether oxygens (including phenoxy) is 1. The van der Waals surface area contributed by atoms with Gasteiger partial charge in [0.05, 0.1) is 12.9 Å². The number of imidazole rings is 1. The predicted molar refractivity (Wildman–Crippen MR) is 66.5 cm³/mol. The van der Waals surface area contributed by atoms with Crippen molar-refractivity contribution in [2.75, 3.05) is 19.1 Å². The van der Waals surface area contributed by atoms with Crippen LogP contribution in [0.3, 0.4) is 0 Å². The molecule has 0 saturated carbocycles. The lowest BCUT2D eigenvalue weighted by Gasteiger charge is -2.03. The molecule has 0 amide bonds. The van der Waals surface area contributed by atoms with E-state index in [0.717, 1.165) is 0 Å². The lowest BCUT2D eigenvalue weighted by molar-refractivity contribution is 0.0106. The number of rotatable bonds is 6. The maximum Gasteiger partial charge on any atom is 0.697 e. The van der Waals surface area contributed by atoms with Crippen molar-refractivity contribution in [2.24, 2.45) is 0 Å². The summed E-state index contributed by atoms with van der Waals surface area (Å²) in [5.74, 6) is 0.0563. The van der Waals surface area contributed by atoms with Gasteiger partial charge in [0.25, 0.3) is 0 Å². The van der Waals surface area contributed by atoms with Crippen LogP contribution >= 0.6 is 19.9 Å². The van der Waals surface area contributed by atoms with Crippen LogP contribution in [0, 0.1) is 0 Å². The van der Waals surface area contributed by atoms with Gasteiger partial charge < -0.3 is 15.0 Å². The zero-order valence-corrected chi connectivity index (χ0v) is 11.2. The molecule has 19 heavy (non-hydrogen) atoms. The Morgan fingerprint density at radius 3 is 3.05 bits per heavy atom. The van der Waals surface area contributed by atoms with Gasteiger partial charge in [-0.25, -0.2) is 4.98 Å². The minimum Gasteiger partial charge on any atom is -0.368 e. The Balaban J connectivity index is 1.99. The van der Waals surface area contributed by atoms with Crippen molar-refractivity contribution >= 4 is 37.0 Å². The smallest absolute Gasteiger partial charge is 0.368 e. The van der Waals surface area contributed by atoms with Gasteiger partial charge in [-0.3, -0.25) is 0 Å². The Kier molecular flexibility index (Phi) is 4.56. The third-order valence-electron chi connectivity index (χ3n) is 2.16. The van der Waals surface area contributed by atoms with E-state index < -0.39 is 8.25 Å². The Hall–Kier alpha value is -1.38. The standard InChI is InChI=1S/C8H9ClN5O4P/c9-6-5-7(13-8(10)12-6)14(3-11-5)1-2-17-4-18-19(15)16/h3H,1-2,4H2,(H2-,10,12,13,15,16)/p+1. The van der Waals surface area contributed by atoms with E-state index in [-0.39, 0.29) is 24.5 Å². The predicted octanol–water partition coefficient (Wildman–Crippen LogP) is 0.702. The average molecular weight is 307 g/mol. The SMILES string of the molecule is Nc1nc(Cl)c2ncn(CCOCO[P+](=O)O)c2n1. The molecule has 0 saturated heterocycles. The number of nitrogen functional groups attached to an aromatic ring is 1. The molecule has 1 atom stereocenters. The molecule has 9 nitrogen and oxygen atoms in total. The second kappa shape index (κ2) is 6.18. The quantitative estimate of drug-likeness (QED) is 0.346. The fourth-order valence-corrected chi connectivity index (χ4v) is 1.78. The molecular formula is C8H10ClN5O4P+. The summed E-state index contributed by atoms with van der Waals surface area (Å²) < 4.78 is 21.2. The van der Waals surface area contributed by atoms with Gasteiger partial charge in [-0.05, 0) is 0 Å². The Morgan fingerprint density at radius 2 is 2.32 bits per heavy atom. The largest absolute Gasteiger partial charge is 0.697 e. The van der Waals surface area contributed by atoms with E-state index in [9.17, 15) is 4.57 Å². The minimum absolute atomic E-state index is 0.0563. The monoisotopic (exact) mass is 306 g/mol. The molecule has 2 aromatic rings. The molecule has 11 heteroatoms. The summed E-state index contributed by atoms with van der Waals surface area (Å²) in [7, 11) is -2.65. The minimum atomic E-state index is -2.65. The number of anilines is 1.